The van der Waals surface area contributed by atoms with Crippen LogP contribution in [0.25, 0.3) is 0 Å². The predicted octanol–water partition coefficient (Wildman–Crippen LogP) is -1.35. The standard InChI is InChI=1S/C13H16N4O7S/c1-3-24-12(21)7-5-14-15-16(7)6-13(2)10(11(19)20)17-8(18)4-9(17)25(13,22)23/h5,9-10H,3-4,6H2,1-2H3,(H,19,20)/t9-,10+,13+/m1/s1. The van der Waals surface area contributed by atoms with E-state index >= 15 is 0 Å². The topological polar surface area (TPSA) is 149 Å². The molecule has 0 aromatic carbocycles. The molecule has 25 heavy (non-hydrogen) atoms. The van der Waals surface area contributed by atoms with E-state index in [1.165, 1.54) is 6.92 Å². The summed E-state index contributed by atoms with van der Waals surface area (Å²) < 4.78 is 29.7. The maximum atomic E-state index is 12.8. The average molecular weight is 372 g/mol. The van der Waals surface area contributed by atoms with Gasteiger partial charge < -0.3 is 14.7 Å². The Labute approximate surface area is 142 Å². The van der Waals surface area contributed by atoms with Gasteiger partial charge in [0.05, 0.1) is 25.8 Å². The first-order valence-corrected chi connectivity index (χ1v) is 9.02. The number of aliphatic carboxylic acids is 1. The van der Waals surface area contributed by atoms with Crippen molar-refractivity contribution in [2.75, 3.05) is 6.61 Å². The van der Waals surface area contributed by atoms with Crippen molar-refractivity contribution in [1.82, 2.24) is 19.9 Å². The number of carbonyl (C=O) groups excluding carboxylic acids is 2. The van der Waals surface area contributed by atoms with Crippen molar-refractivity contribution in [3.8, 4) is 0 Å². The zero-order chi connectivity index (χ0) is 18.6. The van der Waals surface area contributed by atoms with Crippen molar-refractivity contribution in [2.45, 2.75) is 43.0 Å². The second kappa shape index (κ2) is 5.51. The molecule has 1 aromatic rings. The fourth-order valence-corrected chi connectivity index (χ4v) is 5.67. The number of aromatic nitrogens is 3. The molecule has 2 aliphatic rings. The Hall–Kier alpha value is -2.50. The molecule has 0 bridgehead atoms. The van der Waals surface area contributed by atoms with Gasteiger partial charge in [0, 0.05) is 0 Å². The molecule has 3 heterocycles. The summed E-state index contributed by atoms with van der Waals surface area (Å²) in [5.74, 6) is -2.72. The van der Waals surface area contributed by atoms with E-state index in [1.54, 1.807) is 6.92 Å². The van der Waals surface area contributed by atoms with Crippen molar-refractivity contribution < 1.29 is 32.6 Å². The number of β-lactam (4-membered cyclic amide) rings is 1. The summed E-state index contributed by atoms with van der Waals surface area (Å²) in [6.45, 7) is 2.50. The number of hydrogen-bond acceptors (Lipinski definition) is 8. The molecule has 0 spiro atoms. The molecule has 136 valence electrons. The fraction of sp³-hybridized carbons (Fsp3) is 0.615. The maximum absolute atomic E-state index is 12.8. The van der Waals surface area contributed by atoms with Crippen LogP contribution in [0.5, 0.6) is 0 Å². The number of hydrogen-bond donors (Lipinski definition) is 1. The summed E-state index contributed by atoms with van der Waals surface area (Å²) in [6, 6.07) is -1.57. The Morgan fingerprint density at radius 1 is 1.48 bits per heavy atom. The molecular weight excluding hydrogens is 356 g/mol. The van der Waals surface area contributed by atoms with Gasteiger partial charge in [0.2, 0.25) is 5.91 Å². The largest absolute Gasteiger partial charge is 0.480 e. The minimum atomic E-state index is -4.00. The Kier molecular flexibility index (Phi) is 3.82. The van der Waals surface area contributed by atoms with Crippen LogP contribution in [-0.2, 0) is 30.7 Å². The van der Waals surface area contributed by atoms with Crippen LogP contribution in [0.3, 0.4) is 0 Å². The number of carbonyl (C=O) groups is 3. The molecule has 12 heteroatoms. The number of sulfone groups is 1. The van der Waals surface area contributed by atoms with Gasteiger partial charge in [0.15, 0.2) is 21.6 Å². The van der Waals surface area contributed by atoms with E-state index in [2.05, 4.69) is 10.3 Å². The molecule has 0 aliphatic carbocycles. The molecule has 3 rings (SSSR count). The van der Waals surface area contributed by atoms with E-state index < -0.39 is 50.4 Å². The van der Waals surface area contributed by atoms with E-state index in [-0.39, 0.29) is 18.7 Å². The molecule has 0 saturated carbocycles. The Balaban J connectivity index is 2.03. The lowest BCUT2D eigenvalue weighted by molar-refractivity contribution is -0.157. The number of nitrogens with zero attached hydrogens (tertiary/aromatic N) is 4. The third-order valence-electron chi connectivity index (χ3n) is 4.61. The number of fused-ring (bicyclic) bond motifs is 1. The highest BCUT2D eigenvalue weighted by atomic mass is 32.2. The van der Waals surface area contributed by atoms with Crippen molar-refractivity contribution in [3.05, 3.63) is 11.9 Å². The van der Waals surface area contributed by atoms with Crippen LogP contribution in [0, 0.1) is 0 Å². The van der Waals surface area contributed by atoms with E-state index in [4.69, 9.17) is 4.74 Å². The number of rotatable bonds is 5. The van der Waals surface area contributed by atoms with Gasteiger partial charge in [0.25, 0.3) is 0 Å². The SMILES string of the molecule is CCOC(=O)c1cnnn1C[C@@]1(C)[C@H](C(=O)O)N2C(=O)C[C@H]2S1(=O)=O. The molecule has 2 fully saturated rings. The monoisotopic (exact) mass is 372 g/mol. The van der Waals surface area contributed by atoms with Crippen LogP contribution in [0.4, 0.5) is 0 Å². The van der Waals surface area contributed by atoms with Gasteiger partial charge in [-0.2, -0.15) is 0 Å². The lowest BCUT2D eigenvalue weighted by atomic mass is 9.96. The van der Waals surface area contributed by atoms with E-state index in [0.717, 1.165) is 15.8 Å². The maximum Gasteiger partial charge on any atom is 0.358 e. The summed E-state index contributed by atoms with van der Waals surface area (Å²) in [6.07, 6.45) is 0.864. The van der Waals surface area contributed by atoms with Gasteiger partial charge in [-0.1, -0.05) is 5.21 Å². The zero-order valence-corrected chi connectivity index (χ0v) is 14.3. The summed E-state index contributed by atoms with van der Waals surface area (Å²) in [5.41, 5.74) is -0.0945. The van der Waals surface area contributed by atoms with Crippen molar-refractivity contribution in [2.24, 2.45) is 0 Å². The van der Waals surface area contributed by atoms with E-state index in [9.17, 15) is 27.9 Å². The Morgan fingerprint density at radius 3 is 2.72 bits per heavy atom. The van der Waals surface area contributed by atoms with Gasteiger partial charge in [-0.25, -0.2) is 22.7 Å². The summed E-state index contributed by atoms with van der Waals surface area (Å²) in [5, 5.41) is 15.6. The van der Waals surface area contributed by atoms with Crippen LogP contribution < -0.4 is 0 Å². The zero-order valence-electron chi connectivity index (χ0n) is 13.4. The van der Waals surface area contributed by atoms with Crippen LogP contribution in [0.1, 0.15) is 30.8 Å². The molecular formula is C13H16N4O7S. The van der Waals surface area contributed by atoms with Gasteiger partial charge >= 0.3 is 11.9 Å². The van der Waals surface area contributed by atoms with Crippen molar-refractivity contribution in [3.63, 3.8) is 0 Å². The quantitative estimate of drug-likeness (QED) is 0.489. The highest BCUT2D eigenvalue weighted by Crippen LogP contribution is 2.46. The first-order chi connectivity index (χ1) is 11.6. The highest BCUT2D eigenvalue weighted by molar-refractivity contribution is 7.93. The minimum absolute atomic E-state index is 0.0945. The predicted molar refractivity (Wildman–Crippen MR) is 80.0 cm³/mol. The number of amides is 1. The second-order valence-corrected chi connectivity index (χ2v) is 8.62. The molecule has 1 N–H and O–H groups in total. The molecule has 1 amide bonds. The summed E-state index contributed by atoms with van der Waals surface area (Å²) >= 11 is 0. The molecule has 1 aromatic heterocycles. The fourth-order valence-electron chi connectivity index (χ4n) is 3.32. The highest BCUT2D eigenvalue weighted by Gasteiger charge is 2.70. The summed E-state index contributed by atoms with van der Waals surface area (Å²) in [7, 11) is -4.00. The normalized spacial score (nSPS) is 29.8. The van der Waals surface area contributed by atoms with E-state index in [1.807, 2.05) is 0 Å². The van der Waals surface area contributed by atoms with E-state index in [0.29, 0.717) is 0 Å². The molecule has 0 radical (unpaired) electrons. The first kappa shape index (κ1) is 17.3. The van der Waals surface area contributed by atoms with Crippen LogP contribution >= 0.6 is 0 Å². The lowest BCUT2D eigenvalue weighted by Crippen LogP contribution is -2.58. The lowest BCUT2D eigenvalue weighted by Gasteiger charge is -2.35. The van der Waals surface area contributed by atoms with Crippen LogP contribution in [0.15, 0.2) is 6.20 Å². The Morgan fingerprint density at radius 2 is 2.16 bits per heavy atom. The minimum Gasteiger partial charge on any atom is -0.480 e. The molecule has 2 saturated heterocycles. The number of ether oxygens (including phenoxy) is 1. The third kappa shape index (κ3) is 2.23. The molecule has 0 unspecified atom stereocenters. The van der Waals surface area contributed by atoms with Gasteiger partial charge in [0.1, 0.15) is 10.1 Å². The van der Waals surface area contributed by atoms with Gasteiger partial charge in [-0.05, 0) is 13.8 Å². The van der Waals surface area contributed by atoms with Crippen molar-refractivity contribution in [1.29, 1.82) is 0 Å². The smallest absolute Gasteiger partial charge is 0.358 e. The van der Waals surface area contributed by atoms with Crippen LogP contribution in [-0.4, -0.2) is 74.0 Å². The molecule has 2 aliphatic heterocycles. The third-order valence-corrected chi connectivity index (χ3v) is 7.37. The number of carboxylic acids is 1. The first-order valence-electron chi connectivity index (χ1n) is 7.48. The van der Waals surface area contributed by atoms with Crippen LogP contribution in [0.2, 0.25) is 0 Å². The number of esters is 1. The molecule has 11 nitrogen and oxygen atoms in total. The van der Waals surface area contributed by atoms with Gasteiger partial charge in [-0.3, -0.25) is 4.79 Å². The average Bonchev–Trinajstić information content (AvgIpc) is 3.01. The summed E-state index contributed by atoms with van der Waals surface area (Å²) in [4.78, 5) is 36.2. The molecule has 3 atom stereocenters. The van der Waals surface area contributed by atoms with Gasteiger partial charge in [-0.15, -0.1) is 5.10 Å². The number of carboxylic acid groups (broad SMARTS) is 1. The Bertz CT molecular complexity index is 863. The second-order valence-electron chi connectivity index (χ2n) is 6.06. The van der Waals surface area contributed by atoms with Crippen molar-refractivity contribution >= 4 is 27.7 Å².